The van der Waals surface area contributed by atoms with Crippen molar-refractivity contribution in [3.05, 3.63) is 35.9 Å². The average Bonchev–Trinajstić information content (AvgIpc) is 2.58. The molecule has 2 atom stereocenters. The Hall–Kier alpha value is -2.04. The van der Waals surface area contributed by atoms with E-state index in [0.717, 1.165) is 12.0 Å². The van der Waals surface area contributed by atoms with E-state index in [0.29, 0.717) is 5.92 Å². The Morgan fingerprint density at radius 2 is 1.58 bits per heavy atom. The highest BCUT2D eigenvalue weighted by Crippen LogP contribution is 2.16. The van der Waals surface area contributed by atoms with Crippen LogP contribution in [0.2, 0.25) is 0 Å². The van der Waals surface area contributed by atoms with E-state index in [4.69, 9.17) is 4.74 Å². The van der Waals surface area contributed by atoms with Gasteiger partial charge in [0.15, 0.2) is 0 Å². The largest absolute Gasteiger partial charge is 0.444 e. The molecule has 0 aromatic heterocycles. The highest BCUT2D eigenvalue weighted by atomic mass is 16.6. The van der Waals surface area contributed by atoms with Crippen molar-refractivity contribution in [1.29, 1.82) is 0 Å². The molecule has 1 rings (SSSR count). The Morgan fingerprint density at radius 1 is 1.04 bits per heavy atom. The van der Waals surface area contributed by atoms with Crippen molar-refractivity contribution in [3.8, 4) is 0 Å². The quantitative estimate of drug-likeness (QED) is 0.760. The van der Waals surface area contributed by atoms with E-state index >= 15 is 0 Å². The molecule has 0 fully saturated rings. The molecular weight excluding hydrogens is 328 g/mol. The molecule has 0 saturated carbocycles. The van der Waals surface area contributed by atoms with Crippen molar-refractivity contribution in [2.45, 2.75) is 79.5 Å². The smallest absolute Gasteiger partial charge is 0.408 e. The maximum absolute atomic E-state index is 12.7. The zero-order chi connectivity index (χ0) is 20.3. The molecule has 1 aromatic carbocycles. The molecule has 0 heterocycles. The Bertz CT molecular complexity index is 536. The fourth-order valence-corrected chi connectivity index (χ4v) is 2.38. The summed E-state index contributed by atoms with van der Waals surface area (Å²) in [6, 6.07) is 8.46. The molecular formula is C21H36N2O3. The van der Waals surface area contributed by atoms with Gasteiger partial charge in [-0.15, -0.1) is 0 Å². The number of hydrogen-bond acceptors (Lipinski definition) is 3. The lowest BCUT2D eigenvalue weighted by molar-refractivity contribution is -0.124. The van der Waals surface area contributed by atoms with Gasteiger partial charge >= 0.3 is 6.09 Å². The molecule has 5 nitrogen and oxygen atoms in total. The van der Waals surface area contributed by atoms with Gasteiger partial charge in [-0.1, -0.05) is 65.0 Å². The summed E-state index contributed by atoms with van der Waals surface area (Å²) in [6.07, 6.45) is 0.223. The van der Waals surface area contributed by atoms with Crippen LogP contribution in [-0.4, -0.2) is 23.6 Å². The normalized spacial score (nSPS) is 13.1. The lowest BCUT2D eigenvalue weighted by Gasteiger charge is -2.26. The monoisotopic (exact) mass is 364 g/mol. The standard InChI is InChI=1S/C19H30N2O3.C2H6/c1-7-15(13(2)3)20-17(22)16(14-11-9-8-10-12-14)21-18(23)24-19(4,5)6;1-2/h8-13,15-16H,7H2,1-6H3,(H,20,22)(H,21,23);1-2H3. The third kappa shape index (κ3) is 8.88. The first-order chi connectivity index (χ1) is 12.1. The predicted molar refractivity (Wildman–Crippen MR) is 107 cm³/mol. The van der Waals surface area contributed by atoms with Gasteiger partial charge in [0.25, 0.3) is 0 Å². The van der Waals surface area contributed by atoms with Crippen LogP contribution in [0.15, 0.2) is 30.3 Å². The molecule has 0 aliphatic heterocycles. The highest BCUT2D eigenvalue weighted by Gasteiger charge is 2.27. The van der Waals surface area contributed by atoms with E-state index in [1.807, 2.05) is 51.1 Å². The minimum absolute atomic E-state index is 0.0594. The molecule has 5 heteroatoms. The fourth-order valence-electron chi connectivity index (χ4n) is 2.38. The lowest BCUT2D eigenvalue weighted by atomic mass is 10.00. The van der Waals surface area contributed by atoms with Gasteiger partial charge in [0.2, 0.25) is 5.91 Å². The molecule has 26 heavy (non-hydrogen) atoms. The van der Waals surface area contributed by atoms with Gasteiger partial charge in [0.1, 0.15) is 11.6 Å². The first-order valence-corrected chi connectivity index (χ1v) is 9.49. The molecule has 0 aliphatic carbocycles. The van der Waals surface area contributed by atoms with Gasteiger partial charge < -0.3 is 15.4 Å². The summed E-state index contributed by atoms with van der Waals surface area (Å²) in [5, 5.41) is 5.71. The number of hydrogen-bond donors (Lipinski definition) is 2. The van der Waals surface area contributed by atoms with Gasteiger partial charge in [-0.25, -0.2) is 4.79 Å². The van der Waals surface area contributed by atoms with Crippen LogP contribution < -0.4 is 10.6 Å². The molecule has 2 N–H and O–H groups in total. The molecule has 1 aromatic rings. The number of carbonyl (C=O) groups excluding carboxylic acids is 2. The minimum atomic E-state index is -0.783. The summed E-state index contributed by atoms with van der Waals surface area (Å²) in [6.45, 7) is 15.5. The SMILES string of the molecule is CC.CCC(NC(=O)C(NC(=O)OC(C)(C)C)c1ccccc1)C(C)C. The zero-order valence-electron chi connectivity index (χ0n) is 17.6. The van der Waals surface area contributed by atoms with Crippen LogP contribution in [0, 0.1) is 5.92 Å². The number of carbonyl (C=O) groups is 2. The Balaban J connectivity index is 0.00000301. The predicted octanol–water partition coefficient (Wildman–Crippen LogP) is 4.83. The molecule has 0 spiro atoms. The first-order valence-electron chi connectivity index (χ1n) is 9.49. The van der Waals surface area contributed by atoms with Crippen LogP contribution in [0.3, 0.4) is 0 Å². The summed E-state index contributed by atoms with van der Waals surface area (Å²) < 4.78 is 5.29. The maximum atomic E-state index is 12.7. The van der Waals surface area contributed by atoms with Gasteiger partial charge in [0, 0.05) is 6.04 Å². The number of rotatable bonds is 6. The van der Waals surface area contributed by atoms with Gasteiger partial charge in [-0.2, -0.15) is 0 Å². The van der Waals surface area contributed by atoms with Crippen molar-refractivity contribution in [3.63, 3.8) is 0 Å². The van der Waals surface area contributed by atoms with Crippen LogP contribution in [-0.2, 0) is 9.53 Å². The second-order valence-electron chi connectivity index (χ2n) is 7.26. The number of nitrogens with one attached hydrogen (secondary N) is 2. The van der Waals surface area contributed by atoms with Crippen LogP contribution in [0.4, 0.5) is 4.79 Å². The molecule has 0 aliphatic rings. The van der Waals surface area contributed by atoms with Gasteiger partial charge in [-0.3, -0.25) is 4.79 Å². The van der Waals surface area contributed by atoms with Crippen molar-refractivity contribution in [2.24, 2.45) is 5.92 Å². The van der Waals surface area contributed by atoms with Crippen LogP contribution in [0.5, 0.6) is 0 Å². The highest BCUT2D eigenvalue weighted by molar-refractivity contribution is 5.87. The van der Waals surface area contributed by atoms with E-state index in [9.17, 15) is 9.59 Å². The fraction of sp³-hybridized carbons (Fsp3) is 0.619. The molecule has 148 valence electrons. The molecule has 0 bridgehead atoms. The van der Waals surface area contributed by atoms with E-state index in [1.165, 1.54) is 0 Å². The van der Waals surface area contributed by atoms with Crippen LogP contribution in [0.25, 0.3) is 0 Å². The Kier molecular flexibility index (Phi) is 10.6. The van der Waals surface area contributed by atoms with E-state index < -0.39 is 17.7 Å². The third-order valence-electron chi connectivity index (χ3n) is 3.63. The summed E-state index contributed by atoms with van der Waals surface area (Å²) in [4.78, 5) is 24.9. The van der Waals surface area contributed by atoms with Crippen molar-refractivity contribution in [2.75, 3.05) is 0 Å². The Morgan fingerprint density at radius 3 is 2.00 bits per heavy atom. The molecule has 0 radical (unpaired) electrons. The summed E-state index contributed by atoms with van der Waals surface area (Å²) in [7, 11) is 0. The maximum Gasteiger partial charge on any atom is 0.408 e. The van der Waals surface area contributed by atoms with Crippen LogP contribution >= 0.6 is 0 Å². The molecule has 0 saturated heterocycles. The van der Waals surface area contributed by atoms with Gasteiger partial charge in [-0.05, 0) is 38.7 Å². The number of amides is 2. The summed E-state index contributed by atoms with van der Waals surface area (Å²) in [5.41, 5.74) is 0.102. The van der Waals surface area contributed by atoms with Crippen LogP contribution in [0.1, 0.15) is 73.4 Å². The number of alkyl carbamates (subject to hydrolysis) is 1. The summed E-state index contributed by atoms with van der Waals surface area (Å²) in [5.74, 6) is 0.0875. The Labute approximate surface area is 158 Å². The van der Waals surface area contributed by atoms with E-state index in [1.54, 1.807) is 20.8 Å². The topological polar surface area (TPSA) is 67.4 Å². The minimum Gasteiger partial charge on any atom is -0.444 e. The third-order valence-corrected chi connectivity index (χ3v) is 3.63. The molecule has 2 unspecified atom stereocenters. The lowest BCUT2D eigenvalue weighted by Crippen LogP contribution is -2.46. The van der Waals surface area contributed by atoms with Gasteiger partial charge in [0.05, 0.1) is 0 Å². The summed E-state index contributed by atoms with van der Waals surface area (Å²) >= 11 is 0. The van der Waals surface area contributed by atoms with Crippen molar-refractivity contribution < 1.29 is 14.3 Å². The van der Waals surface area contributed by atoms with Crippen molar-refractivity contribution in [1.82, 2.24) is 10.6 Å². The van der Waals surface area contributed by atoms with E-state index in [-0.39, 0.29) is 11.9 Å². The first kappa shape index (κ1) is 24.0. The van der Waals surface area contributed by atoms with Crippen molar-refractivity contribution >= 4 is 12.0 Å². The number of benzene rings is 1. The second-order valence-corrected chi connectivity index (χ2v) is 7.26. The zero-order valence-corrected chi connectivity index (χ0v) is 17.6. The number of ether oxygens (including phenoxy) is 1. The molecule has 2 amide bonds. The second kappa shape index (κ2) is 11.6. The van der Waals surface area contributed by atoms with E-state index in [2.05, 4.69) is 24.5 Å². The average molecular weight is 365 g/mol.